The van der Waals surface area contributed by atoms with E-state index in [0.29, 0.717) is 0 Å². The Morgan fingerprint density at radius 1 is 1.29 bits per heavy atom. The summed E-state index contributed by atoms with van der Waals surface area (Å²) in [6.45, 7) is 0.473. The molecule has 0 radical (unpaired) electrons. The number of fused-ring (bicyclic) bond motifs is 1. The van der Waals surface area contributed by atoms with Crippen LogP contribution in [0.5, 0.6) is 5.88 Å². The average molecular weight is 337 g/mol. The Bertz CT molecular complexity index is 710. The van der Waals surface area contributed by atoms with E-state index in [2.05, 4.69) is 4.98 Å². The zero-order chi connectivity index (χ0) is 17.5. The van der Waals surface area contributed by atoms with Gasteiger partial charge in [0, 0.05) is 23.9 Å². The van der Waals surface area contributed by atoms with Gasteiger partial charge < -0.3 is 34.9 Å². The molecule has 1 fully saturated rings. The van der Waals surface area contributed by atoms with Crippen molar-refractivity contribution in [3.8, 4) is 5.88 Å². The highest BCUT2D eigenvalue weighted by molar-refractivity contribution is 5.85. The Morgan fingerprint density at radius 3 is 2.62 bits per heavy atom. The van der Waals surface area contributed by atoms with E-state index in [1.807, 2.05) is 18.2 Å². The Kier molecular flexibility index (Phi) is 4.33. The number of hydrogen-bond donors (Lipinski definition) is 5. The van der Waals surface area contributed by atoms with E-state index in [1.165, 1.54) is 0 Å². The summed E-state index contributed by atoms with van der Waals surface area (Å²) < 4.78 is 11.0. The van der Waals surface area contributed by atoms with E-state index in [0.717, 1.165) is 17.8 Å². The Labute approximate surface area is 137 Å². The Morgan fingerprint density at radius 2 is 2.00 bits per heavy atom. The lowest BCUT2D eigenvalue weighted by Crippen LogP contribution is -2.70. The van der Waals surface area contributed by atoms with Crippen molar-refractivity contribution >= 4 is 16.7 Å². The molecule has 0 spiro atoms. The summed E-state index contributed by atoms with van der Waals surface area (Å²) in [7, 11) is 0. The summed E-state index contributed by atoms with van der Waals surface area (Å²) in [5.41, 5.74) is 0.746. The third kappa shape index (κ3) is 2.58. The van der Waals surface area contributed by atoms with Crippen LogP contribution in [0.15, 0.2) is 30.3 Å². The van der Waals surface area contributed by atoms with Crippen LogP contribution in [-0.2, 0) is 9.53 Å². The summed E-state index contributed by atoms with van der Waals surface area (Å²) in [5.74, 6) is -2.81. The number of ether oxygens (including phenoxy) is 2. The molecule has 1 aliphatic heterocycles. The number of rotatable bonds is 4. The monoisotopic (exact) mass is 337 g/mol. The van der Waals surface area contributed by atoms with Gasteiger partial charge in [-0.2, -0.15) is 0 Å². The van der Waals surface area contributed by atoms with Crippen LogP contribution in [0.2, 0.25) is 0 Å². The summed E-state index contributed by atoms with van der Waals surface area (Å²) in [6, 6.07) is 8.88. The first-order chi connectivity index (χ1) is 11.4. The van der Waals surface area contributed by atoms with Gasteiger partial charge in [0.15, 0.2) is 12.0 Å². The van der Waals surface area contributed by atoms with Gasteiger partial charge >= 0.3 is 5.79 Å². The predicted octanol–water partition coefficient (Wildman–Crippen LogP) is -0.694. The molecule has 1 unspecified atom stereocenters. The van der Waals surface area contributed by atoms with E-state index in [9.17, 15) is 25.2 Å². The van der Waals surface area contributed by atoms with Crippen molar-refractivity contribution in [2.75, 3.05) is 6.61 Å². The maximum absolute atomic E-state index is 12.2. The SMILES string of the molecule is CC(=O)C1(Oc2cc3ccccc3[nH]2)O[C@H](CO)[C@@H](O)[C@H](O)[C@@H]1O. The van der Waals surface area contributed by atoms with E-state index < -0.39 is 42.6 Å². The number of hydrogen-bond acceptors (Lipinski definition) is 7. The average Bonchev–Trinajstić information content (AvgIpc) is 2.97. The number of carbonyl (C=O) groups is 1. The van der Waals surface area contributed by atoms with Crippen LogP contribution < -0.4 is 4.74 Å². The second kappa shape index (κ2) is 6.15. The second-order valence-electron chi connectivity index (χ2n) is 5.81. The van der Waals surface area contributed by atoms with Gasteiger partial charge in [0.25, 0.3) is 0 Å². The van der Waals surface area contributed by atoms with Gasteiger partial charge in [-0.25, -0.2) is 0 Å². The molecular weight excluding hydrogens is 318 g/mol. The molecule has 1 saturated heterocycles. The van der Waals surface area contributed by atoms with E-state index in [1.54, 1.807) is 12.1 Å². The van der Waals surface area contributed by atoms with Gasteiger partial charge in [-0.05, 0) is 6.07 Å². The highest BCUT2D eigenvalue weighted by Crippen LogP contribution is 2.34. The molecule has 3 rings (SSSR count). The summed E-state index contributed by atoms with van der Waals surface area (Å²) in [5, 5.41) is 40.3. The number of aliphatic hydroxyl groups excluding tert-OH is 4. The molecule has 24 heavy (non-hydrogen) atoms. The van der Waals surface area contributed by atoms with E-state index in [-0.39, 0.29) is 5.88 Å². The number of Topliss-reactive ketones (excluding diaryl/α,β-unsaturated/α-hetero) is 1. The van der Waals surface area contributed by atoms with Crippen LogP contribution in [0.4, 0.5) is 0 Å². The number of nitrogens with one attached hydrogen (secondary N) is 1. The highest BCUT2D eigenvalue weighted by atomic mass is 16.7. The fraction of sp³-hybridized carbons (Fsp3) is 0.438. The quantitative estimate of drug-likeness (QED) is 0.499. The number of para-hydroxylation sites is 1. The van der Waals surface area contributed by atoms with Crippen LogP contribution in [0, 0.1) is 0 Å². The number of ketones is 1. The molecule has 0 amide bonds. The second-order valence-corrected chi connectivity index (χ2v) is 5.81. The van der Waals surface area contributed by atoms with Crippen LogP contribution in [0.1, 0.15) is 6.92 Å². The standard InChI is InChI=1S/C16H19NO7/c1-8(19)16(15(22)14(21)13(20)11(7-18)23-16)24-12-6-9-4-2-3-5-10(9)17-12/h2-6,11,13-15,17-18,20-22H,7H2,1H3/t11-,13-,14+,15+,16?/m1/s1. The summed E-state index contributed by atoms with van der Waals surface area (Å²) in [4.78, 5) is 15.1. The fourth-order valence-electron chi connectivity index (χ4n) is 2.85. The van der Waals surface area contributed by atoms with Crippen molar-refractivity contribution in [3.63, 3.8) is 0 Å². The number of aliphatic hydroxyl groups is 4. The van der Waals surface area contributed by atoms with Crippen molar-refractivity contribution in [2.45, 2.75) is 37.1 Å². The highest BCUT2D eigenvalue weighted by Gasteiger charge is 2.58. The molecule has 130 valence electrons. The normalized spacial score (nSPS) is 33.5. The lowest BCUT2D eigenvalue weighted by molar-refractivity contribution is -0.320. The first-order valence-corrected chi connectivity index (χ1v) is 7.49. The molecule has 8 heteroatoms. The smallest absolute Gasteiger partial charge is 0.301 e. The lowest BCUT2D eigenvalue weighted by Gasteiger charge is -2.46. The number of benzene rings is 1. The molecule has 1 aliphatic rings. The predicted molar refractivity (Wildman–Crippen MR) is 82.3 cm³/mol. The van der Waals surface area contributed by atoms with Crippen LogP contribution in [0.25, 0.3) is 10.9 Å². The van der Waals surface area contributed by atoms with Crippen molar-refractivity contribution in [2.24, 2.45) is 0 Å². The molecule has 1 aromatic carbocycles. The molecular formula is C16H19NO7. The van der Waals surface area contributed by atoms with Crippen molar-refractivity contribution in [3.05, 3.63) is 30.3 Å². The van der Waals surface area contributed by atoms with Crippen molar-refractivity contribution < 1.29 is 34.7 Å². The molecule has 5 atom stereocenters. The molecule has 0 aliphatic carbocycles. The summed E-state index contributed by atoms with van der Waals surface area (Å²) in [6.07, 6.45) is -6.39. The third-order valence-corrected chi connectivity index (χ3v) is 4.21. The molecule has 2 aromatic rings. The van der Waals surface area contributed by atoms with Gasteiger partial charge in [0.1, 0.15) is 18.3 Å². The van der Waals surface area contributed by atoms with Crippen LogP contribution >= 0.6 is 0 Å². The van der Waals surface area contributed by atoms with Crippen LogP contribution in [-0.4, -0.2) is 68.0 Å². The zero-order valence-electron chi connectivity index (χ0n) is 12.9. The number of aromatic nitrogens is 1. The Hall–Kier alpha value is -1.97. The minimum Gasteiger partial charge on any atom is -0.437 e. The van der Waals surface area contributed by atoms with Crippen molar-refractivity contribution in [1.29, 1.82) is 0 Å². The zero-order valence-corrected chi connectivity index (χ0v) is 12.9. The van der Waals surface area contributed by atoms with Gasteiger partial charge in [-0.3, -0.25) is 4.79 Å². The molecule has 1 aromatic heterocycles. The number of aromatic amines is 1. The number of carbonyl (C=O) groups excluding carboxylic acids is 1. The first-order valence-electron chi connectivity index (χ1n) is 7.49. The Balaban J connectivity index is 1.99. The fourth-order valence-corrected chi connectivity index (χ4v) is 2.85. The van der Waals surface area contributed by atoms with Crippen molar-refractivity contribution in [1.82, 2.24) is 4.98 Å². The molecule has 5 N–H and O–H groups in total. The number of H-pyrrole nitrogens is 1. The van der Waals surface area contributed by atoms with E-state index >= 15 is 0 Å². The topological polar surface area (TPSA) is 132 Å². The molecule has 0 saturated carbocycles. The molecule has 0 bridgehead atoms. The minimum absolute atomic E-state index is 0.144. The van der Waals surface area contributed by atoms with Gasteiger partial charge in [-0.15, -0.1) is 0 Å². The first kappa shape index (κ1) is 16.9. The maximum Gasteiger partial charge on any atom is 0.301 e. The van der Waals surface area contributed by atoms with Gasteiger partial charge in [-0.1, -0.05) is 18.2 Å². The maximum atomic E-state index is 12.2. The van der Waals surface area contributed by atoms with Gasteiger partial charge in [0.2, 0.25) is 5.78 Å². The lowest BCUT2D eigenvalue weighted by atomic mass is 9.90. The summed E-state index contributed by atoms with van der Waals surface area (Å²) >= 11 is 0. The molecule has 2 heterocycles. The van der Waals surface area contributed by atoms with Crippen LogP contribution in [0.3, 0.4) is 0 Å². The third-order valence-electron chi connectivity index (χ3n) is 4.21. The molecule has 8 nitrogen and oxygen atoms in total. The van der Waals surface area contributed by atoms with E-state index in [4.69, 9.17) is 9.47 Å². The van der Waals surface area contributed by atoms with Gasteiger partial charge in [0.05, 0.1) is 6.61 Å². The largest absolute Gasteiger partial charge is 0.437 e. The minimum atomic E-state index is -2.24.